The van der Waals surface area contributed by atoms with Crippen molar-refractivity contribution in [3.8, 4) is 11.4 Å². The van der Waals surface area contributed by atoms with Gasteiger partial charge in [-0.15, -0.1) is 0 Å². The number of sulfone groups is 1. The molecule has 0 unspecified atom stereocenters. The Morgan fingerprint density at radius 1 is 0.913 bits per heavy atom. The molecule has 6 heteroatoms. The Balaban J connectivity index is 1.83. The van der Waals surface area contributed by atoms with Crippen molar-refractivity contribution in [2.24, 2.45) is 0 Å². The zero-order chi connectivity index (χ0) is 16.4. The SMILES string of the molecule is Cc1ccc(-c2noc(CS(=O)(=O)c3ccc(C)cc3)n2)cc1. The number of benzene rings is 2. The average Bonchev–Trinajstić information content (AvgIpc) is 2.96. The minimum absolute atomic E-state index is 0.0844. The molecule has 0 aliphatic heterocycles. The maximum atomic E-state index is 12.4. The predicted octanol–water partition coefficient (Wildman–Crippen LogP) is 3.33. The number of aryl methyl sites for hydroxylation is 2. The molecule has 0 saturated heterocycles. The van der Waals surface area contributed by atoms with E-state index in [2.05, 4.69) is 10.1 Å². The summed E-state index contributed by atoms with van der Waals surface area (Å²) in [5, 5.41) is 3.86. The van der Waals surface area contributed by atoms with E-state index < -0.39 is 9.84 Å². The summed E-state index contributed by atoms with van der Waals surface area (Å²) >= 11 is 0. The topological polar surface area (TPSA) is 73.1 Å². The second-order valence-corrected chi connectivity index (χ2v) is 7.44. The monoisotopic (exact) mass is 328 g/mol. The number of aromatic nitrogens is 2. The van der Waals surface area contributed by atoms with Crippen LogP contribution in [-0.2, 0) is 15.6 Å². The van der Waals surface area contributed by atoms with Gasteiger partial charge in [-0.3, -0.25) is 0 Å². The van der Waals surface area contributed by atoms with Gasteiger partial charge in [0.25, 0.3) is 0 Å². The highest BCUT2D eigenvalue weighted by Crippen LogP contribution is 2.20. The van der Waals surface area contributed by atoms with Crippen LogP contribution in [0.5, 0.6) is 0 Å². The van der Waals surface area contributed by atoms with Crippen LogP contribution in [-0.4, -0.2) is 18.6 Å². The van der Waals surface area contributed by atoms with Crippen LogP contribution >= 0.6 is 0 Å². The molecule has 0 N–H and O–H groups in total. The van der Waals surface area contributed by atoms with Crippen molar-refractivity contribution in [3.63, 3.8) is 0 Å². The predicted molar refractivity (Wildman–Crippen MR) is 86.5 cm³/mol. The summed E-state index contributed by atoms with van der Waals surface area (Å²) in [4.78, 5) is 4.43. The summed E-state index contributed by atoms with van der Waals surface area (Å²) in [6.45, 7) is 3.89. The van der Waals surface area contributed by atoms with Crippen molar-refractivity contribution in [3.05, 3.63) is 65.5 Å². The average molecular weight is 328 g/mol. The standard InChI is InChI=1S/C17H16N2O3S/c1-12-3-7-14(8-4-12)17-18-16(22-19-17)11-23(20,21)15-9-5-13(2)6-10-15/h3-10H,11H2,1-2H3. The molecule has 1 heterocycles. The summed E-state index contributed by atoms with van der Waals surface area (Å²) in [7, 11) is -3.50. The third-order valence-corrected chi connectivity index (χ3v) is 5.09. The van der Waals surface area contributed by atoms with E-state index in [1.807, 2.05) is 38.1 Å². The van der Waals surface area contributed by atoms with Crippen molar-refractivity contribution in [1.29, 1.82) is 0 Å². The van der Waals surface area contributed by atoms with E-state index in [9.17, 15) is 8.42 Å². The lowest BCUT2D eigenvalue weighted by atomic mass is 10.1. The maximum Gasteiger partial charge on any atom is 0.242 e. The van der Waals surface area contributed by atoms with Crippen LogP contribution in [0.2, 0.25) is 0 Å². The van der Waals surface area contributed by atoms with Gasteiger partial charge in [0.05, 0.1) is 4.90 Å². The lowest BCUT2D eigenvalue weighted by molar-refractivity contribution is 0.389. The van der Waals surface area contributed by atoms with Gasteiger partial charge in [0.15, 0.2) is 9.84 Å². The number of hydrogen-bond acceptors (Lipinski definition) is 5. The molecular formula is C17H16N2O3S. The highest BCUT2D eigenvalue weighted by molar-refractivity contribution is 7.90. The molecule has 5 nitrogen and oxygen atoms in total. The van der Waals surface area contributed by atoms with Crippen LogP contribution < -0.4 is 0 Å². The van der Waals surface area contributed by atoms with Crippen molar-refractivity contribution in [2.75, 3.05) is 0 Å². The van der Waals surface area contributed by atoms with Crippen LogP contribution in [0.25, 0.3) is 11.4 Å². The summed E-state index contributed by atoms with van der Waals surface area (Å²) in [6.07, 6.45) is 0. The lowest BCUT2D eigenvalue weighted by Crippen LogP contribution is -2.05. The summed E-state index contributed by atoms with van der Waals surface area (Å²) in [5.41, 5.74) is 2.92. The fourth-order valence-electron chi connectivity index (χ4n) is 2.12. The van der Waals surface area contributed by atoms with Crippen LogP contribution in [0, 0.1) is 13.8 Å². The first-order valence-corrected chi connectivity index (χ1v) is 8.78. The Hall–Kier alpha value is -2.47. The van der Waals surface area contributed by atoms with E-state index >= 15 is 0 Å². The highest BCUT2D eigenvalue weighted by atomic mass is 32.2. The molecule has 0 radical (unpaired) electrons. The molecule has 118 valence electrons. The minimum atomic E-state index is -3.50. The van der Waals surface area contributed by atoms with Gasteiger partial charge >= 0.3 is 0 Å². The molecule has 0 fully saturated rings. The van der Waals surface area contributed by atoms with Crippen LogP contribution in [0.1, 0.15) is 17.0 Å². The molecular weight excluding hydrogens is 312 g/mol. The van der Waals surface area contributed by atoms with Gasteiger partial charge < -0.3 is 4.52 Å². The number of rotatable bonds is 4. The second-order valence-electron chi connectivity index (χ2n) is 5.45. The van der Waals surface area contributed by atoms with Gasteiger partial charge in [-0.05, 0) is 26.0 Å². The fraction of sp³-hybridized carbons (Fsp3) is 0.176. The van der Waals surface area contributed by atoms with E-state index in [0.29, 0.717) is 5.82 Å². The van der Waals surface area contributed by atoms with Crippen molar-refractivity contribution in [1.82, 2.24) is 10.1 Å². The highest BCUT2D eigenvalue weighted by Gasteiger charge is 2.20. The Morgan fingerprint density at radius 2 is 1.48 bits per heavy atom. The van der Waals surface area contributed by atoms with Crippen LogP contribution in [0.4, 0.5) is 0 Å². The Morgan fingerprint density at radius 3 is 2.09 bits per heavy atom. The molecule has 0 saturated carbocycles. The summed E-state index contributed by atoms with van der Waals surface area (Å²) in [5.74, 6) is 0.162. The first-order valence-electron chi connectivity index (χ1n) is 7.13. The van der Waals surface area contributed by atoms with E-state index in [1.165, 1.54) is 0 Å². The van der Waals surface area contributed by atoms with Gasteiger partial charge in [0, 0.05) is 5.56 Å². The number of nitrogens with zero attached hydrogens (tertiary/aromatic N) is 2. The van der Waals surface area contributed by atoms with Crippen LogP contribution in [0.3, 0.4) is 0 Å². The van der Waals surface area contributed by atoms with Crippen LogP contribution in [0.15, 0.2) is 57.9 Å². The third-order valence-electron chi connectivity index (χ3n) is 3.47. The largest absolute Gasteiger partial charge is 0.338 e. The van der Waals surface area contributed by atoms with Crippen molar-refractivity contribution in [2.45, 2.75) is 24.5 Å². The molecule has 1 aromatic heterocycles. The Bertz CT molecular complexity index is 911. The van der Waals surface area contributed by atoms with E-state index in [0.717, 1.165) is 16.7 Å². The van der Waals surface area contributed by atoms with Gasteiger partial charge in [0.2, 0.25) is 11.7 Å². The molecule has 23 heavy (non-hydrogen) atoms. The molecule has 0 amide bonds. The summed E-state index contributed by atoms with van der Waals surface area (Å²) in [6, 6.07) is 14.3. The molecule has 0 spiro atoms. The van der Waals surface area contributed by atoms with Gasteiger partial charge in [-0.1, -0.05) is 52.7 Å². The molecule has 0 atom stereocenters. The minimum Gasteiger partial charge on any atom is -0.338 e. The van der Waals surface area contributed by atoms with E-state index in [1.54, 1.807) is 24.3 Å². The Labute approximate surface area is 134 Å². The quantitative estimate of drug-likeness (QED) is 0.734. The molecule has 0 aliphatic carbocycles. The lowest BCUT2D eigenvalue weighted by Gasteiger charge is -2.01. The van der Waals surface area contributed by atoms with Gasteiger partial charge in [-0.25, -0.2) is 8.42 Å². The van der Waals surface area contributed by atoms with Gasteiger partial charge in [0.1, 0.15) is 5.75 Å². The molecule has 3 aromatic rings. The Kier molecular flexibility index (Phi) is 4.00. The molecule has 2 aromatic carbocycles. The maximum absolute atomic E-state index is 12.4. The third kappa shape index (κ3) is 3.48. The second kappa shape index (κ2) is 5.96. The fourth-order valence-corrected chi connectivity index (χ4v) is 3.28. The first kappa shape index (κ1) is 15.4. The molecule has 0 bridgehead atoms. The van der Waals surface area contributed by atoms with Crippen molar-refractivity contribution < 1.29 is 12.9 Å². The zero-order valence-corrected chi connectivity index (χ0v) is 13.7. The molecule has 3 rings (SSSR count). The van der Waals surface area contributed by atoms with Gasteiger partial charge in [-0.2, -0.15) is 4.98 Å². The zero-order valence-electron chi connectivity index (χ0n) is 12.9. The number of hydrogen-bond donors (Lipinski definition) is 0. The normalized spacial score (nSPS) is 11.6. The van der Waals surface area contributed by atoms with Crippen molar-refractivity contribution >= 4 is 9.84 Å². The molecule has 0 aliphatic rings. The van der Waals surface area contributed by atoms with E-state index in [4.69, 9.17) is 4.52 Å². The van der Waals surface area contributed by atoms with E-state index in [-0.39, 0.29) is 16.5 Å². The smallest absolute Gasteiger partial charge is 0.242 e. The summed E-state index contributed by atoms with van der Waals surface area (Å²) < 4.78 is 29.8. The first-order chi connectivity index (χ1) is 10.9.